The van der Waals surface area contributed by atoms with Gasteiger partial charge in [-0.25, -0.2) is 4.79 Å². The van der Waals surface area contributed by atoms with E-state index in [9.17, 15) is 9.59 Å². The number of amides is 1. The van der Waals surface area contributed by atoms with E-state index in [2.05, 4.69) is 24.9 Å². The molecule has 6 heteroatoms. The van der Waals surface area contributed by atoms with Gasteiger partial charge in [-0.1, -0.05) is 71.1 Å². The van der Waals surface area contributed by atoms with E-state index < -0.39 is 12.0 Å². The van der Waals surface area contributed by atoms with Crippen molar-refractivity contribution >= 4 is 54.1 Å². The monoisotopic (exact) mass is 355 g/mol. The number of unbranched alkanes of at least 4 members (excludes halogenated alkanes) is 10. The molecule has 0 saturated heterocycles. The number of aliphatic carboxylic acids is 1. The quantitative estimate of drug-likeness (QED) is 0.239. The van der Waals surface area contributed by atoms with Crippen LogP contribution in [0.15, 0.2) is 0 Å². The fourth-order valence-electron chi connectivity index (χ4n) is 2.40. The summed E-state index contributed by atoms with van der Waals surface area (Å²) in [7, 11) is 0. The van der Waals surface area contributed by atoms with Gasteiger partial charge in [0.15, 0.2) is 0 Å². The number of carbonyl (C=O) groups excluding carboxylic acids is 1. The number of carbonyl (C=O) groups is 2. The van der Waals surface area contributed by atoms with Crippen LogP contribution in [0.25, 0.3) is 0 Å². The van der Waals surface area contributed by atoms with Crippen LogP contribution in [0.2, 0.25) is 0 Å². The predicted octanol–water partition coefficient (Wildman–Crippen LogP) is 3.54. The van der Waals surface area contributed by atoms with Crippen molar-refractivity contribution in [3.05, 3.63) is 0 Å². The summed E-state index contributed by atoms with van der Waals surface area (Å²) in [6.07, 6.45) is 14.1. The summed E-state index contributed by atoms with van der Waals surface area (Å²) in [6.45, 7) is 2.24. The Morgan fingerprint density at radius 3 is 1.74 bits per heavy atom. The zero-order valence-electron chi connectivity index (χ0n) is 14.0. The first-order valence-electron chi connectivity index (χ1n) is 8.74. The molecule has 0 aromatic heterocycles. The van der Waals surface area contributed by atoms with E-state index in [1.54, 1.807) is 0 Å². The zero-order valence-corrected chi connectivity index (χ0v) is 14.9. The predicted molar refractivity (Wildman–Crippen MR) is 102 cm³/mol. The molecule has 132 valence electrons. The molecule has 0 aliphatic rings. The van der Waals surface area contributed by atoms with Crippen LogP contribution in [-0.4, -0.2) is 58.3 Å². The van der Waals surface area contributed by atoms with Gasteiger partial charge in [0.2, 0.25) is 5.91 Å². The Bertz CT molecular complexity index is 304. The van der Waals surface area contributed by atoms with Crippen molar-refractivity contribution in [1.29, 1.82) is 0 Å². The van der Waals surface area contributed by atoms with Crippen LogP contribution in [0.3, 0.4) is 0 Å². The first-order valence-corrected chi connectivity index (χ1v) is 9.38. The third kappa shape index (κ3) is 16.9. The summed E-state index contributed by atoms with van der Waals surface area (Å²) in [4.78, 5) is 22.3. The summed E-state index contributed by atoms with van der Waals surface area (Å²) in [5.74, 6) is -1.08. The van der Waals surface area contributed by atoms with Crippen molar-refractivity contribution in [2.24, 2.45) is 0 Å². The topological polar surface area (TPSA) is 66.4 Å². The molecule has 1 atom stereocenters. The normalized spacial score (nSPS) is 11.6. The van der Waals surface area contributed by atoms with Crippen molar-refractivity contribution in [3.8, 4) is 0 Å². The fourth-order valence-corrected chi connectivity index (χ4v) is 2.65. The Balaban J connectivity index is 0. The van der Waals surface area contributed by atoms with Crippen LogP contribution < -0.4 is 5.32 Å². The molecular formula is C17H34NNaO3S. The number of rotatable bonds is 15. The molecule has 0 heterocycles. The second-order valence-corrected chi connectivity index (χ2v) is 6.29. The molecule has 0 aromatic carbocycles. The summed E-state index contributed by atoms with van der Waals surface area (Å²) in [5, 5.41) is 11.3. The van der Waals surface area contributed by atoms with Gasteiger partial charge in [-0.05, 0) is 6.42 Å². The Hall–Kier alpha value is 0.290. The van der Waals surface area contributed by atoms with E-state index in [1.807, 2.05) is 0 Å². The van der Waals surface area contributed by atoms with Crippen molar-refractivity contribution < 1.29 is 14.7 Å². The van der Waals surface area contributed by atoms with Gasteiger partial charge in [-0.3, -0.25) is 4.79 Å². The second kappa shape index (κ2) is 18.6. The third-order valence-electron chi connectivity index (χ3n) is 3.82. The third-order valence-corrected chi connectivity index (χ3v) is 4.19. The number of nitrogens with one attached hydrogen (secondary N) is 1. The summed E-state index contributed by atoms with van der Waals surface area (Å²) < 4.78 is 0. The molecule has 0 radical (unpaired) electrons. The molecule has 4 nitrogen and oxygen atoms in total. The van der Waals surface area contributed by atoms with Gasteiger partial charge in [0.25, 0.3) is 0 Å². The minimum absolute atomic E-state index is 0. The van der Waals surface area contributed by atoms with Crippen LogP contribution in [0.5, 0.6) is 0 Å². The number of thiol groups is 1. The fraction of sp³-hybridized carbons (Fsp3) is 0.882. The standard InChI is InChI=1S/C17H33NO3S.Na.H/c1-2-3-4-5-6-7-8-9-10-11-12-13-16(19)18-15(14-22)17(20)21;;/h15,22H,2-14H2,1H3,(H,18,19)(H,20,21);;. The molecule has 2 N–H and O–H groups in total. The van der Waals surface area contributed by atoms with Crippen LogP contribution in [-0.2, 0) is 9.59 Å². The van der Waals surface area contributed by atoms with Gasteiger partial charge < -0.3 is 10.4 Å². The molecule has 0 aliphatic carbocycles. The van der Waals surface area contributed by atoms with E-state index in [0.717, 1.165) is 19.3 Å². The van der Waals surface area contributed by atoms with Gasteiger partial charge >= 0.3 is 35.5 Å². The molecule has 0 rings (SSSR count). The molecule has 1 amide bonds. The van der Waals surface area contributed by atoms with Gasteiger partial charge in [0.05, 0.1) is 0 Å². The van der Waals surface area contributed by atoms with Crippen molar-refractivity contribution in [2.75, 3.05) is 5.75 Å². The molecule has 1 unspecified atom stereocenters. The van der Waals surface area contributed by atoms with Crippen LogP contribution in [0, 0.1) is 0 Å². The SMILES string of the molecule is CCCCCCCCCCCCCC(=O)NC(CS)C(=O)O.[NaH]. The van der Waals surface area contributed by atoms with E-state index in [1.165, 1.54) is 51.4 Å². The average molecular weight is 356 g/mol. The summed E-state index contributed by atoms with van der Waals surface area (Å²) >= 11 is 3.92. The first-order chi connectivity index (χ1) is 10.6. The van der Waals surface area contributed by atoms with E-state index in [-0.39, 0.29) is 41.2 Å². The number of hydrogen-bond acceptors (Lipinski definition) is 3. The minimum atomic E-state index is -1.03. The molecule has 23 heavy (non-hydrogen) atoms. The number of carboxylic acids is 1. The van der Waals surface area contributed by atoms with E-state index >= 15 is 0 Å². The van der Waals surface area contributed by atoms with Crippen molar-refractivity contribution in [3.63, 3.8) is 0 Å². The van der Waals surface area contributed by atoms with Gasteiger partial charge in [0, 0.05) is 12.2 Å². The van der Waals surface area contributed by atoms with Gasteiger partial charge in [0.1, 0.15) is 6.04 Å². The molecular weight excluding hydrogens is 321 g/mol. The van der Waals surface area contributed by atoms with Crippen LogP contribution >= 0.6 is 12.6 Å². The van der Waals surface area contributed by atoms with E-state index in [4.69, 9.17) is 5.11 Å². The Kier molecular flexibility index (Phi) is 20.7. The Morgan fingerprint density at radius 2 is 1.35 bits per heavy atom. The van der Waals surface area contributed by atoms with Crippen molar-refractivity contribution in [2.45, 2.75) is 90.0 Å². The second-order valence-electron chi connectivity index (χ2n) is 5.93. The zero-order chi connectivity index (χ0) is 16.6. The molecule has 0 spiro atoms. The summed E-state index contributed by atoms with van der Waals surface area (Å²) in [5.41, 5.74) is 0. The molecule has 0 bridgehead atoms. The number of hydrogen-bond donors (Lipinski definition) is 3. The Labute approximate surface area is 169 Å². The maximum absolute atomic E-state index is 11.6. The average Bonchev–Trinajstić information content (AvgIpc) is 2.50. The molecule has 0 saturated carbocycles. The summed E-state index contributed by atoms with van der Waals surface area (Å²) in [6, 6.07) is -0.872. The van der Waals surface area contributed by atoms with Crippen LogP contribution in [0.1, 0.15) is 84.0 Å². The molecule has 0 fully saturated rings. The maximum atomic E-state index is 11.6. The number of carboxylic acid groups (broad SMARTS) is 1. The molecule has 0 aromatic rings. The van der Waals surface area contributed by atoms with Crippen LogP contribution in [0.4, 0.5) is 0 Å². The first kappa shape index (κ1) is 25.5. The Morgan fingerprint density at radius 1 is 0.913 bits per heavy atom. The van der Waals surface area contributed by atoms with Gasteiger partial charge in [-0.2, -0.15) is 12.6 Å². The van der Waals surface area contributed by atoms with Crippen molar-refractivity contribution in [1.82, 2.24) is 5.32 Å². The van der Waals surface area contributed by atoms with E-state index in [0.29, 0.717) is 6.42 Å². The van der Waals surface area contributed by atoms with Gasteiger partial charge in [-0.15, -0.1) is 0 Å². The molecule has 0 aliphatic heterocycles.